The van der Waals surface area contributed by atoms with Crippen LogP contribution in [0.3, 0.4) is 0 Å². The van der Waals surface area contributed by atoms with Crippen LogP contribution in [0, 0.1) is 0 Å². The number of nitrogens with zero attached hydrogens (tertiary/aromatic N) is 1. The minimum Gasteiger partial charge on any atom is -0.462 e. The molecule has 2 rings (SSSR count). The van der Waals surface area contributed by atoms with Crippen LogP contribution in [0.2, 0.25) is 0 Å². The van der Waals surface area contributed by atoms with Crippen molar-refractivity contribution in [3.8, 4) is 0 Å². The van der Waals surface area contributed by atoms with Gasteiger partial charge < -0.3 is 16.2 Å². The van der Waals surface area contributed by atoms with E-state index in [0.717, 1.165) is 17.1 Å². The lowest BCUT2D eigenvalue weighted by Gasteiger charge is -2.06. The van der Waals surface area contributed by atoms with E-state index in [2.05, 4.69) is 9.97 Å². The number of anilines is 2. The van der Waals surface area contributed by atoms with Gasteiger partial charge in [-0.2, -0.15) is 4.98 Å². The van der Waals surface area contributed by atoms with Gasteiger partial charge in [0.25, 0.3) is 5.56 Å². The first kappa shape index (κ1) is 17.9. The zero-order valence-electron chi connectivity index (χ0n) is 13.4. The van der Waals surface area contributed by atoms with Gasteiger partial charge >= 0.3 is 5.97 Å². The van der Waals surface area contributed by atoms with E-state index in [1.54, 1.807) is 30.8 Å². The number of benzene rings is 1. The number of aromatic nitrogens is 2. The van der Waals surface area contributed by atoms with E-state index in [1.807, 2.05) is 12.1 Å². The lowest BCUT2D eigenvalue weighted by Crippen LogP contribution is -2.19. The van der Waals surface area contributed by atoms with Crippen LogP contribution in [0.5, 0.6) is 0 Å². The van der Waals surface area contributed by atoms with Crippen LogP contribution < -0.4 is 17.0 Å². The lowest BCUT2D eigenvalue weighted by atomic mass is 10.2. The fourth-order valence-electron chi connectivity index (χ4n) is 2.12. The van der Waals surface area contributed by atoms with Crippen LogP contribution in [0.25, 0.3) is 0 Å². The predicted octanol–water partition coefficient (Wildman–Crippen LogP) is 1.84. The van der Waals surface area contributed by atoms with Crippen LogP contribution >= 0.6 is 11.8 Å². The van der Waals surface area contributed by atoms with Crippen LogP contribution in [0.1, 0.15) is 29.3 Å². The molecule has 128 valence electrons. The summed E-state index contributed by atoms with van der Waals surface area (Å²) in [6.07, 6.45) is 1.30. The van der Waals surface area contributed by atoms with Crippen molar-refractivity contribution in [1.82, 2.24) is 9.97 Å². The van der Waals surface area contributed by atoms with Crippen LogP contribution in [0.15, 0.2) is 34.0 Å². The monoisotopic (exact) mass is 348 g/mol. The molecule has 1 aromatic carbocycles. The van der Waals surface area contributed by atoms with E-state index < -0.39 is 0 Å². The predicted molar refractivity (Wildman–Crippen MR) is 95.1 cm³/mol. The number of hydrogen-bond donors (Lipinski definition) is 3. The molecule has 0 amide bonds. The fraction of sp³-hybridized carbons (Fsp3) is 0.312. The molecule has 1 aromatic heterocycles. The quantitative estimate of drug-likeness (QED) is 0.396. The molecule has 0 atom stereocenters. The number of nitrogen functional groups attached to an aromatic ring is 2. The Balaban J connectivity index is 1.85. The maximum absolute atomic E-state index is 11.8. The highest BCUT2D eigenvalue weighted by Gasteiger charge is 2.08. The average molecular weight is 348 g/mol. The number of ether oxygens (including phenoxy) is 1. The van der Waals surface area contributed by atoms with Crippen LogP contribution in [-0.2, 0) is 11.2 Å². The molecule has 0 saturated heterocycles. The topological polar surface area (TPSA) is 124 Å². The molecule has 7 nitrogen and oxygen atoms in total. The first-order valence-corrected chi connectivity index (χ1v) is 8.54. The van der Waals surface area contributed by atoms with Gasteiger partial charge in [-0.05, 0) is 49.8 Å². The number of nitrogens with two attached hydrogens (primary N) is 2. The largest absolute Gasteiger partial charge is 0.462 e. The van der Waals surface area contributed by atoms with Crippen molar-refractivity contribution in [3.63, 3.8) is 0 Å². The van der Waals surface area contributed by atoms with Gasteiger partial charge in [-0.3, -0.25) is 9.78 Å². The molecule has 0 radical (unpaired) electrons. The number of H-pyrrole nitrogens is 1. The summed E-state index contributed by atoms with van der Waals surface area (Å²) in [5, 5.41) is 0. The highest BCUT2D eigenvalue weighted by atomic mass is 32.2. The van der Waals surface area contributed by atoms with Crippen molar-refractivity contribution in [2.45, 2.75) is 24.7 Å². The SMILES string of the molecule is CCOC(=O)c1ccc(SCCCc2c(N)nc(N)[nH]c2=O)cc1. The van der Waals surface area contributed by atoms with Crippen molar-refractivity contribution in [2.24, 2.45) is 0 Å². The third-order valence-electron chi connectivity index (χ3n) is 3.27. The summed E-state index contributed by atoms with van der Waals surface area (Å²) in [6.45, 7) is 2.13. The zero-order chi connectivity index (χ0) is 17.5. The average Bonchev–Trinajstić information content (AvgIpc) is 2.54. The third-order valence-corrected chi connectivity index (χ3v) is 4.37. The van der Waals surface area contributed by atoms with E-state index >= 15 is 0 Å². The van der Waals surface area contributed by atoms with Gasteiger partial charge in [0, 0.05) is 4.90 Å². The van der Waals surface area contributed by atoms with Gasteiger partial charge in [0.15, 0.2) is 0 Å². The molecule has 0 aliphatic rings. The van der Waals surface area contributed by atoms with Gasteiger partial charge in [0.05, 0.1) is 17.7 Å². The van der Waals surface area contributed by atoms with Gasteiger partial charge in [-0.25, -0.2) is 4.79 Å². The molecule has 0 aliphatic carbocycles. The highest BCUT2D eigenvalue weighted by Crippen LogP contribution is 2.20. The highest BCUT2D eigenvalue weighted by molar-refractivity contribution is 7.99. The maximum atomic E-state index is 11.8. The standard InChI is InChI=1S/C16H20N4O3S/c1-2-23-15(22)10-5-7-11(8-6-10)24-9-3-4-12-13(17)19-16(18)20-14(12)21/h5-8H,2-4,9H2,1H3,(H5,17,18,19,20,21). The number of hydrogen-bond acceptors (Lipinski definition) is 7. The van der Waals surface area contributed by atoms with E-state index in [-0.39, 0.29) is 23.3 Å². The fourth-order valence-corrected chi connectivity index (χ4v) is 2.97. The normalized spacial score (nSPS) is 10.5. The summed E-state index contributed by atoms with van der Waals surface area (Å²) >= 11 is 1.64. The first-order chi connectivity index (χ1) is 11.5. The zero-order valence-corrected chi connectivity index (χ0v) is 14.2. The van der Waals surface area contributed by atoms with E-state index in [4.69, 9.17) is 16.2 Å². The third kappa shape index (κ3) is 4.76. The molecule has 1 heterocycles. The Hall–Kier alpha value is -2.48. The smallest absolute Gasteiger partial charge is 0.338 e. The summed E-state index contributed by atoms with van der Waals surface area (Å²) in [6, 6.07) is 7.24. The van der Waals surface area contributed by atoms with Gasteiger partial charge in [-0.15, -0.1) is 11.8 Å². The van der Waals surface area contributed by atoms with Crippen molar-refractivity contribution >= 4 is 29.5 Å². The Kier molecular flexibility index (Phi) is 6.25. The molecular formula is C16H20N4O3S. The van der Waals surface area contributed by atoms with Crippen molar-refractivity contribution in [2.75, 3.05) is 23.8 Å². The van der Waals surface area contributed by atoms with Gasteiger partial charge in [0.1, 0.15) is 5.82 Å². The Morgan fingerprint density at radius 3 is 2.62 bits per heavy atom. The maximum Gasteiger partial charge on any atom is 0.338 e. The van der Waals surface area contributed by atoms with E-state index in [0.29, 0.717) is 24.2 Å². The summed E-state index contributed by atoms with van der Waals surface area (Å²) < 4.78 is 4.94. The molecule has 5 N–H and O–H groups in total. The van der Waals surface area contributed by atoms with Gasteiger partial charge in [0.2, 0.25) is 5.95 Å². The molecule has 0 spiro atoms. The number of rotatable bonds is 7. The molecule has 0 aliphatic heterocycles. The number of thioether (sulfide) groups is 1. The Morgan fingerprint density at radius 2 is 2.00 bits per heavy atom. The van der Waals surface area contributed by atoms with Crippen molar-refractivity contribution in [1.29, 1.82) is 0 Å². The van der Waals surface area contributed by atoms with Crippen molar-refractivity contribution < 1.29 is 9.53 Å². The molecule has 0 unspecified atom stereocenters. The van der Waals surface area contributed by atoms with Crippen LogP contribution in [0.4, 0.5) is 11.8 Å². The first-order valence-electron chi connectivity index (χ1n) is 7.55. The summed E-state index contributed by atoms with van der Waals surface area (Å²) in [5.74, 6) is 0.694. The molecule has 0 fully saturated rings. The second-order valence-corrected chi connectivity index (χ2v) is 6.18. The Bertz CT molecular complexity index is 759. The van der Waals surface area contributed by atoms with Crippen molar-refractivity contribution in [3.05, 3.63) is 45.7 Å². The minimum absolute atomic E-state index is 0.0253. The number of aromatic amines is 1. The van der Waals surface area contributed by atoms with E-state index in [9.17, 15) is 9.59 Å². The van der Waals surface area contributed by atoms with Gasteiger partial charge in [-0.1, -0.05) is 0 Å². The molecule has 8 heteroatoms. The lowest BCUT2D eigenvalue weighted by molar-refractivity contribution is 0.0526. The molecule has 0 saturated carbocycles. The number of carbonyl (C=O) groups excluding carboxylic acids is 1. The summed E-state index contributed by atoms with van der Waals surface area (Å²) in [4.78, 5) is 30.7. The summed E-state index contributed by atoms with van der Waals surface area (Å²) in [5.41, 5.74) is 11.9. The number of nitrogens with one attached hydrogen (secondary N) is 1. The van der Waals surface area contributed by atoms with E-state index in [1.165, 1.54) is 0 Å². The molecule has 24 heavy (non-hydrogen) atoms. The molecule has 2 aromatic rings. The second kappa shape index (κ2) is 8.39. The van der Waals surface area contributed by atoms with Crippen LogP contribution in [-0.4, -0.2) is 28.3 Å². The minimum atomic E-state index is -0.320. The molecule has 0 bridgehead atoms. The number of esters is 1. The summed E-state index contributed by atoms with van der Waals surface area (Å²) in [7, 11) is 0. The Morgan fingerprint density at radius 1 is 1.29 bits per heavy atom. The molecular weight excluding hydrogens is 328 g/mol. The Labute approximate surface area is 143 Å². The second-order valence-electron chi connectivity index (χ2n) is 5.01. The number of carbonyl (C=O) groups is 1.